The molecule has 0 bridgehead atoms. The summed E-state index contributed by atoms with van der Waals surface area (Å²) in [5, 5.41) is 0. The highest BCUT2D eigenvalue weighted by Crippen LogP contribution is 2.40. The third-order valence-corrected chi connectivity index (χ3v) is 6.95. The first kappa shape index (κ1) is 27.8. The molecular weight excluding hydrogens is 513 g/mol. The van der Waals surface area contributed by atoms with Crippen molar-refractivity contribution in [1.82, 2.24) is 0 Å². The summed E-state index contributed by atoms with van der Waals surface area (Å²) in [6, 6.07) is 8.04. The Hall–Kier alpha value is -3.23. The molecule has 0 unspecified atom stereocenters. The SMILES string of the molecule is CCCC1CCC(c2ccc(OCc3ccc(C(F)(F)Oc4cc(F)c(F)c(F)c4)cc3)c(F)c2F)CC1. The second-order valence-corrected chi connectivity index (χ2v) is 9.59. The highest BCUT2D eigenvalue weighted by Gasteiger charge is 2.35. The first-order valence-electron chi connectivity index (χ1n) is 12.5. The Labute approximate surface area is 216 Å². The average Bonchev–Trinajstić information content (AvgIpc) is 2.89. The van der Waals surface area contributed by atoms with Gasteiger partial charge in [-0.15, -0.1) is 0 Å². The molecule has 1 aliphatic rings. The molecule has 0 radical (unpaired) electrons. The molecule has 0 amide bonds. The maximum Gasteiger partial charge on any atom is 0.426 e. The van der Waals surface area contributed by atoms with Crippen LogP contribution in [0.5, 0.6) is 11.5 Å². The molecule has 3 aromatic rings. The van der Waals surface area contributed by atoms with E-state index in [0.29, 0.717) is 29.2 Å². The van der Waals surface area contributed by atoms with E-state index >= 15 is 0 Å². The fourth-order valence-electron chi connectivity index (χ4n) is 4.90. The van der Waals surface area contributed by atoms with Gasteiger partial charge in [0.15, 0.2) is 29.0 Å². The number of halogens is 7. The summed E-state index contributed by atoms with van der Waals surface area (Å²) in [7, 11) is 0. The molecule has 1 aliphatic carbocycles. The van der Waals surface area contributed by atoms with Crippen molar-refractivity contribution in [2.24, 2.45) is 5.92 Å². The molecule has 4 rings (SSSR count). The molecule has 0 saturated heterocycles. The molecule has 1 fully saturated rings. The number of alkyl halides is 2. The van der Waals surface area contributed by atoms with Crippen LogP contribution in [0.1, 0.15) is 68.1 Å². The topological polar surface area (TPSA) is 18.5 Å². The van der Waals surface area contributed by atoms with Gasteiger partial charge in [-0.25, -0.2) is 17.6 Å². The lowest BCUT2D eigenvalue weighted by molar-refractivity contribution is -0.185. The Bertz CT molecular complexity index is 1230. The van der Waals surface area contributed by atoms with Gasteiger partial charge in [-0.05, 0) is 66.8 Å². The van der Waals surface area contributed by atoms with Crippen molar-refractivity contribution >= 4 is 0 Å². The molecule has 38 heavy (non-hydrogen) atoms. The van der Waals surface area contributed by atoms with Crippen molar-refractivity contribution in [2.75, 3.05) is 0 Å². The first-order chi connectivity index (χ1) is 18.1. The summed E-state index contributed by atoms with van der Waals surface area (Å²) in [4.78, 5) is 0. The summed E-state index contributed by atoms with van der Waals surface area (Å²) in [6.45, 7) is 1.92. The summed E-state index contributed by atoms with van der Waals surface area (Å²) < 4.78 is 108. The van der Waals surface area contributed by atoms with Gasteiger partial charge in [0.2, 0.25) is 5.82 Å². The Morgan fingerprint density at radius 1 is 0.789 bits per heavy atom. The molecule has 0 heterocycles. The molecule has 0 N–H and O–H groups in total. The maximum absolute atomic E-state index is 14.8. The third kappa shape index (κ3) is 6.25. The van der Waals surface area contributed by atoms with E-state index in [-0.39, 0.29) is 18.3 Å². The maximum atomic E-state index is 14.8. The monoisotopic (exact) mass is 540 g/mol. The summed E-state index contributed by atoms with van der Waals surface area (Å²) in [5.41, 5.74) is 0.0699. The second-order valence-electron chi connectivity index (χ2n) is 9.59. The molecule has 0 aliphatic heterocycles. The predicted molar refractivity (Wildman–Crippen MR) is 128 cm³/mol. The van der Waals surface area contributed by atoms with Crippen LogP contribution < -0.4 is 9.47 Å². The Balaban J connectivity index is 1.38. The molecule has 0 spiro atoms. The summed E-state index contributed by atoms with van der Waals surface area (Å²) in [5.74, 6) is -7.73. The van der Waals surface area contributed by atoms with E-state index in [0.717, 1.165) is 50.7 Å². The van der Waals surface area contributed by atoms with E-state index in [9.17, 15) is 30.7 Å². The Kier molecular flexibility index (Phi) is 8.53. The molecule has 9 heteroatoms. The van der Waals surface area contributed by atoms with Crippen molar-refractivity contribution in [3.8, 4) is 11.5 Å². The van der Waals surface area contributed by atoms with Crippen LogP contribution in [0.2, 0.25) is 0 Å². The van der Waals surface area contributed by atoms with Crippen LogP contribution in [0.3, 0.4) is 0 Å². The Morgan fingerprint density at radius 3 is 2.03 bits per heavy atom. The Morgan fingerprint density at radius 2 is 1.42 bits per heavy atom. The number of ether oxygens (including phenoxy) is 2. The van der Waals surface area contributed by atoms with Crippen LogP contribution in [-0.4, -0.2) is 0 Å². The normalized spacial score (nSPS) is 17.9. The molecule has 2 nitrogen and oxygen atoms in total. The van der Waals surface area contributed by atoms with Crippen molar-refractivity contribution in [3.63, 3.8) is 0 Å². The lowest BCUT2D eigenvalue weighted by Gasteiger charge is -2.29. The van der Waals surface area contributed by atoms with Gasteiger partial charge in [-0.1, -0.05) is 38.0 Å². The highest BCUT2D eigenvalue weighted by molar-refractivity contribution is 5.34. The minimum absolute atomic E-state index is 0.0361. The van der Waals surface area contributed by atoms with Crippen molar-refractivity contribution < 1.29 is 40.2 Å². The van der Waals surface area contributed by atoms with Gasteiger partial charge >= 0.3 is 6.11 Å². The molecule has 1 saturated carbocycles. The second kappa shape index (κ2) is 11.7. The zero-order valence-electron chi connectivity index (χ0n) is 20.7. The van der Waals surface area contributed by atoms with E-state index < -0.39 is 46.5 Å². The van der Waals surface area contributed by atoms with Gasteiger partial charge in [-0.3, -0.25) is 0 Å². The molecule has 0 atom stereocenters. The largest absolute Gasteiger partial charge is 0.486 e. The van der Waals surface area contributed by atoms with Crippen LogP contribution in [0.15, 0.2) is 48.5 Å². The van der Waals surface area contributed by atoms with Crippen LogP contribution in [-0.2, 0) is 12.7 Å². The quantitative estimate of drug-likeness (QED) is 0.199. The predicted octanol–water partition coefficient (Wildman–Crippen LogP) is 9.16. The van der Waals surface area contributed by atoms with E-state index in [4.69, 9.17) is 4.74 Å². The van der Waals surface area contributed by atoms with Gasteiger partial charge in [0, 0.05) is 12.1 Å². The average molecular weight is 541 g/mol. The van der Waals surface area contributed by atoms with Crippen molar-refractivity contribution in [1.29, 1.82) is 0 Å². The van der Waals surface area contributed by atoms with Crippen LogP contribution in [0.25, 0.3) is 0 Å². The van der Waals surface area contributed by atoms with Gasteiger partial charge in [-0.2, -0.15) is 13.2 Å². The van der Waals surface area contributed by atoms with Crippen molar-refractivity contribution in [2.45, 2.75) is 64.1 Å². The fraction of sp³-hybridized carbons (Fsp3) is 0.379. The van der Waals surface area contributed by atoms with E-state index in [1.807, 2.05) is 0 Å². The van der Waals surface area contributed by atoms with Gasteiger partial charge in [0.1, 0.15) is 12.4 Å². The van der Waals surface area contributed by atoms with E-state index in [1.165, 1.54) is 18.2 Å². The standard InChI is InChI=1S/C29H27F7O2/c1-2-3-17-4-8-19(9-5-17)22-12-13-25(28(34)26(22)32)37-16-18-6-10-20(11-7-18)29(35,36)38-21-14-23(30)27(33)24(31)15-21/h6-7,10-15,17,19H,2-5,8-9,16H2,1H3. The smallest absolute Gasteiger partial charge is 0.426 e. The molecule has 204 valence electrons. The van der Waals surface area contributed by atoms with E-state index in [2.05, 4.69) is 11.7 Å². The van der Waals surface area contributed by atoms with Crippen LogP contribution >= 0.6 is 0 Å². The van der Waals surface area contributed by atoms with E-state index in [1.54, 1.807) is 6.07 Å². The van der Waals surface area contributed by atoms with Crippen LogP contribution in [0.4, 0.5) is 30.7 Å². The molecular formula is C29H27F7O2. The minimum atomic E-state index is -3.99. The first-order valence-corrected chi connectivity index (χ1v) is 12.5. The number of hydrogen-bond donors (Lipinski definition) is 0. The zero-order chi connectivity index (χ0) is 27.4. The molecule has 3 aromatic carbocycles. The third-order valence-electron chi connectivity index (χ3n) is 6.95. The fourth-order valence-corrected chi connectivity index (χ4v) is 4.90. The lowest BCUT2D eigenvalue weighted by atomic mass is 9.77. The zero-order valence-corrected chi connectivity index (χ0v) is 20.7. The molecule has 0 aromatic heterocycles. The summed E-state index contributed by atoms with van der Waals surface area (Å²) in [6.07, 6.45) is 1.89. The number of rotatable bonds is 9. The lowest BCUT2D eigenvalue weighted by Crippen LogP contribution is -2.22. The van der Waals surface area contributed by atoms with Crippen molar-refractivity contribution in [3.05, 3.63) is 94.3 Å². The van der Waals surface area contributed by atoms with Gasteiger partial charge in [0.25, 0.3) is 0 Å². The highest BCUT2D eigenvalue weighted by atomic mass is 19.3. The van der Waals surface area contributed by atoms with Gasteiger partial charge in [0.05, 0.1) is 5.56 Å². The number of hydrogen-bond acceptors (Lipinski definition) is 2. The van der Waals surface area contributed by atoms with Crippen LogP contribution in [0, 0.1) is 35.0 Å². The number of benzene rings is 3. The van der Waals surface area contributed by atoms with Gasteiger partial charge < -0.3 is 9.47 Å². The summed E-state index contributed by atoms with van der Waals surface area (Å²) >= 11 is 0. The minimum Gasteiger partial charge on any atom is -0.486 e.